The summed E-state index contributed by atoms with van der Waals surface area (Å²) in [5.74, 6) is -2.04. The van der Waals surface area contributed by atoms with Crippen LogP contribution in [0.15, 0.2) is 12.0 Å². The van der Waals surface area contributed by atoms with E-state index in [0.29, 0.717) is 5.41 Å². The quantitative estimate of drug-likeness (QED) is 0.351. The molecule has 0 bridgehead atoms. The number of rotatable bonds is 2. The minimum absolute atomic E-state index is 0.175. The molecule has 0 aromatic rings. The van der Waals surface area contributed by atoms with Gasteiger partial charge in [-0.15, -0.1) is 5.21 Å². The third-order valence-corrected chi connectivity index (χ3v) is 3.34. The molecule has 0 aromatic heterocycles. The molecule has 1 heterocycles. The highest BCUT2D eigenvalue weighted by Gasteiger charge is 2.56. The second-order valence-corrected chi connectivity index (χ2v) is 4.57. The van der Waals surface area contributed by atoms with Crippen LogP contribution < -0.4 is 5.06 Å². The van der Waals surface area contributed by atoms with E-state index in [1.165, 1.54) is 0 Å². The maximum Gasteiger partial charge on any atom is 0.425 e. The number of carbonyl (C=O) groups is 2. The fourth-order valence-electron chi connectivity index (χ4n) is 0.965. The lowest BCUT2D eigenvalue weighted by atomic mass is 10.4. The van der Waals surface area contributed by atoms with Crippen LogP contribution in [0.3, 0.4) is 0 Å². The van der Waals surface area contributed by atoms with Crippen molar-refractivity contribution in [3.63, 3.8) is 0 Å². The predicted octanol–water partition coefficient (Wildman–Crippen LogP) is -1.10. The summed E-state index contributed by atoms with van der Waals surface area (Å²) in [6, 6.07) is 0. The van der Waals surface area contributed by atoms with Crippen LogP contribution in [0, 0.1) is 0 Å². The molecule has 1 N–H and O–H groups in total. The van der Waals surface area contributed by atoms with Crippen molar-refractivity contribution in [1.29, 1.82) is 0 Å². The molecule has 1 aliphatic heterocycles. The van der Waals surface area contributed by atoms with Crippen LogP contribution in [0.25, 0.3) is 0 Å². The molecule has 71 valence electrons. The molecule has 1 atom stereocenters. The number of hydrogen-bond donors (Lipinski definition) is 1. The second-order valence-electron chi connectivity index (χ2n) is 2.49. The minimum Gasteiger partial charge on any atom is -0.223 e. The van der Waals surface area contributed by atoms with Crippen LogP contribution in [0.4, 0.5) is 0 Å². The smallest absolute Gasteiger partial charge is 0.223 e. The fraction of sp³-hybridized carbons (Fsp3) is 0.333. The first kappa shape index (κ1) is 10.0. The Labute approximate surface area is 74.3 Å². The summed E-state index contributed by atoms with van der Waals surface area (Å²) >= 11 is 0. The Morgan fingerprint density at radius 2 is 2.08 bits per heavy atom. The average Bonchev–Trinajstić information content (AvgIpc) is 2.33. The molecule has 6 nitrogen and oxygen atoms in total. The van der Waals surface area contributed by atoms with Crippen molar-refractivity contribution in [3.8, 4) is 0 Å². The molecule has 1 unspecified atom stereocenters. The maximum atomic E-state index is 11.1. The highest BCUT2D eigenvalue weighted by atomic mass is 32.2. The zero-order chi connectivity index (χ0) is 10.2. The summed E-state index contributed by atoms with van der Waals surface area (Å²) in [5.41, 5.74) is 0. The third kappa shape index (κ3) is 1.53. The van der Waals surface area contributed by atoms with Gasteiger partial charge in [0.1, 0.15) is 11.5 Å². The van der Waals surface area contributed by atoms with E-state index in [1.54, 1.807) is 0 Å². The van der Waals surface area contributed by atoms with Gasteiger partial charge in [0.25, 0.3) is 0 Å². The van der Waals surface area contributed by atoms with Crippen molar-refractivity contribution in [2.24, 2.45) is 0 Å². The van der Waals surface area contributed by atoms with Crippen LogP contribution in [0.5, 0.6) is 0 Å². The average molecular weight is 205 g/mol. The number of amides is 2. The van der Waals surface area contributed by atoms with Crippen molar-refractivity contribution in [2.45, 2.75) is 11.7 Å². The molecule has 0 saturated carbocycles. The van der Waals surface area contributed by atoms with Crippen LogP contribution in [0.1, 0.15) is 6.42 Å². The van der Waals surface area contributed by atoms with Gasteiger partial charge in [0, 0.05) is 5.41 Å². The molecule has 1 radical (unpaired) electrons. The third-order valence-electron chi connectivity index (χ3n) is 1.71. The van der Waals surface area contributed by atoms with Crippen LogP contribution in [-0.2, 0) is 19.4 Å². The molecule has 1 aliphatic rings. The first-order chi connectivity index (χ1) is 5.90. The van der Waals surface area contributed by atoms with Crippen LogP contribution >= 0.6 is 0 Å². The van der Waals surface area contributed by atoms with Gasteiger partial charge in [-0.3, -0.25) is 0 Å². The van der Waals surface area contributed by atoms with Crippen molar-refractivity contribution < 1.29 is 23.2 Å². The summed E-state index contributed by atoms with van der Waals surface area (Å²) in [4.78, 5) is 21.7. The molecule has 1 rings (SSSR count). The molecule has 1 fully saturated rings. The molecular weight excluding hydrogens is 198 g/mol. The Morgan fingerprint density at radius 1 is 1.54 bits per heavy atom. The maximum absolute atomic E-state index is 11.1. The molecule has 2 amide bonds. The molecule has 0 aromatic carbocycles. The van der Waals surface area contributed by atoms with E-state index in [1.807, 2.05) is 0 Å². The van der Waals surface area contributed by atoms with Gasteiger partial charge in [-0.05, 0) is 0 Å². The van der Waals surface area contributed by atoms with E-state index >= 15 is 0 Å². The molecular formula is C6H7NO5S+. The predicted molar refractivity (Wildman–Crippen MR) is 41.5 cm³/mol. The SMILES string of the molecule is C=CS(=O)(=O)C1CC(=O)[N+](O)C1=O. The van der Waals surface area contributed by atoms with Crippen LogP contribution in [0.2, 0.25) is 0 Å². The monoisotopic (exact) mass is 205 g/mol. The highest BCUT2D eigenvalue weighted by molar-refractivity contribution is 7.95. The van der Waals surface area contributed by atoms with E-state index in [-0.39, 0.29) is 5.06 Å². The zero-order valence-corrected chi connectivity index (χ0v) is 7.32. The number of imide groups is 1. The summed E-state index contributed by atoms with van der Waals surface area (Å²) in [5, 5.41) is 7.64. The van der Waals surface area contributed by atoms with E-state index in [9.17, 15) is 18.0 Å². The Morgan fingerprint density at radius 3 is 2.38 bits per heavy atom. The molecule has 0 aliphatic carbocycles. The van der Waals surface area contributed by atoms with E-state index < -0.39 is 33.3 Å². The van der Waals surface area contributed by atoms with Gasteiger partial charge in [-0.1, -0.05) is 6.58 Å². The minimum atomic E-state index is -3.82. The van der Waals surface area contributed by atoms with Gasteiger partial charge in [0.05, 0.1) is 0 Å². The lowest BCUT2D eigenvalue weighted by Crippen LogP contribution is -2.36. The Balaban J connectivity index is 3.06. The largest absolute Gasteiger partial charge is 0.425 e. The number of carbonyl (C=O) groups excluding carboxylic acids is 2. The van der Waals surface area contributed by atoms with Crippen molar-refractivity contribution in [2.75, 3.05) is 0 Å². The Kier molecular flexibility index (Phi) is 2.33. The first-order valence-electron chi connectivity index (χ1n) is 3.32. The standard InChI is InChI=1S/C6H7NO5S/c1-2-13(11,12)4-3-5(8)7(10)6(4)9/h2,4,10H,1,3H2/q+1. The normalized spacial score (nSPS) is 25.2. The van der Waals surface area contributed by atoms with Gasteiger partial charge >= 0.3 is 11.8 Å². The number of hydroxylamine groups is 2. The molecule has 13 heavy (non-hydrogen) atoms. The van der Waals surface area contributed by atoms with Gasteiger partial charge in [0.2, 0.25) is 5.25 Å². The van der Waals surface area contributed by atoms with Crippen molar-refractivity contribution >= 4 is 21.7 Å². The van der Waals surface area contributed by atoms with Crippen molar-refractivity contribution in [3.05, 3.63) is 12.0 Å². The number of hydrogen-bond acceptors (Lipinski definition) is 5. The second kappa shape index (κ2) is 3.02. The van der Waals surface area contributed by atoms with Gasteiger partial charge < -0.3 is 0 Å². The summed E-state index contributed by atoms with van der Waals surface area (Å²) in [6.07, 6.45) is -0.524. The first-order valence-corrected chi connectivity index (χ1v) is 4.93. The number of sulfone groups is 1. The van der Waals surface area contributed by atoms with Crippen LogP contribution in [-0.4, -0.2) is 30.7 Å². The highest BCUT2D eigenvalue weighted by Crippen LogP contribution is 2.17. The summed E-state index contributed by atoms with van der Waals surface area (Å²) in [7, 11) is -3.82. The van der Waals surface area contributed by atoms with Gasteiger partial charge in [-0.2, -0.15) is 0 Å². The Hall–Kier alpha value is -1.05. The summed E-state index contributed by atoms with van der Waals surface area (Å²) < 4.78 is 22.1. The van der Waals surface area contributed by atoms with Gasteiger partial charge in [-0.25, -0.2) is 18.0 Å². The topological polar surface area (TPSA) is 94.4 Å². The summed E-state index contributed by atoms with van der Waals surface area (Å²) in [6.45, 7) is 3.01. The zero-order valence-electron chi connectivity index (χ0n) is 6.50. The van der Waals surface area contributed by atoms with E-state index in [2.05, 4.69) is 6.58 Å². The lowest BCUT2D eigenvalue weighted by Gasteiger charge is -1.97. The van der Waals surface area contributed by atoms with Crippen molar-refractivity contribution in [1.82, 2.24) is 5.06 Å². The molecule has 0 spiro atoms. The van der Waals surface area contributed by atoms with E-state index in [4.69, 9.17) is 5.21 Å². The van der Waals surface area contributed by atoms with E-state index in [0.717, 1.165) is 0 Å². The van der Waals surface area contributed by atoms with Gasteiger partial charge in [0.15, 0.2) is 9.84 Å². The Bertz CT molecular complexity index is 370. The molecule has 1 saturated heterocycles. The fourth-order valence-corrected chi connectivity index (χ4v) is 1.95. The number of nitrogens with zero attached hydrogens (tertiary/aromatic N) is 1. The molecule has 7 heteroatoms. The lowest BCUT2D eigenvalue weighted by molar-refractivity contribution is -0.151.